The van der Waals surface area contributed by atoms with E-state index in [2.05, 4.69) is 26.4 Å². The molecule has 0 saturated heterocycles. The summed E-state index contributed by atoms with van der Waals surface area (Å²) < 4.78 is 0. The summed E-state index contributed by atoms with van der Waals surface area (Å²) in [6, 6.07) is 0. The Labute approximate surface area is 42.5 Å². The molecule has 0 unspecified atom stereocenters. The van der Waals surface area contributed by atoms with Gasteiger partial charge in [-0.2, -0.15) is 10.5 Å². The summed E-state index contributed by atoms with van der Waals surface area (Å²) in [5, 5.41) is 0. The molecule has 0 nitrogen and oxygen atoms in total. The molecule has 6 heavy (non-hydrogen) atoms. The summed E-state index contributed by atoms with van der Waals surface area (Å²) in [6.45, 7) is 4.34. The van der Waals surface area contributed by atoms with Crippen molar-refractivity contribution in [1.82, 2.24) is 0 Å². The van der Waals surface area contributed by atoms with Gasteiger partial charge in [0, 0.05) is 0 Å². The lowest BCUT2D eigenvalue weighted by Gasteiger charge is -1.90. The van der Waals surface area contributed by atoms with Crippen molar-refractivity contribution in [3.05, 3.63) is 0 Å². The lowest BCUT2D eigenvalue weighted by atomic mass is 10.6. The van der Waals surface area contributed by atoms with E-state index in [1.165, 1.54) is 4.86 Å². The molecular formula is C5H12S. The molecule has 0 heterocycles. The van der Waals surface area contributed by atoms with Crippen LogP contribution in [0.3, 0.4) is 0 Å². The van der Waals surface area contributed by atoms with Gasteiger partial charge in [0.2, 0.25) is 0 Å². The molecule has 0 spiro atoms. The minimum Gasteiger partial charge on any atom is -0.193 e. The van der Waals surface area contributed by atoms with E-state index in [0.29, 0.717) is 10.5 Å². The highest BCUT2D eigenvalue weighted by atomic mass is 32.2. The third kappa shape index (κ3) is 2.46. The molecule has 0 atom stereocenters. The second kappa shape index (κ2) is 2.40. The van der Waals surface area contributed by atoms with Gasteiger partial charge >= 0.3 is 0 Å². The molecule has 0 bridgehead atoms. The Bertz CT molecular complexity index is 54.0. The van der Waals surface area contributed by atoms with Crippen LogP contribution in [-0.2, 0) is 0 Å². The van der Waals surface area contributed by atoms with Crippen LogP contribution in [0.2, 0.25) is 0 Å². The van der Waals surface area contributed by atoms with E-state index in [1.54, 1.807) is 0 Å². The quantitative estimate of drug-likeness (QED) is 0.410. The second-order valence-electron chi connectivity index (χ2n) is 1.72. The van der Waals surface area contributed by atoms with E-state index < -0.39 is 0 Å². The Morgan fingerprint density at radius 1 is 1.17 bits per heavy atom. The SMILES string of the molecule is CC(C)=S(C)C. The topological polar surface area (TPSA) is 0 Å². The standard InChI is InChI=1S/C5H12S/c1-5(2)6(3)4/h1-4H3. The highest BCUT2D eigenvalue weighted by Crippen LogP contribution is 1.99. The van der Waals surface area contributed by atoms with Crippen molar-refractivity contribution in [3.63, 3.8) is 0 Å². The van der Waals surface area contributed by atoms with Crippen LogP contribution < -0.4 is 0 Å². The number of hydrogen-bond donors (Lipinski definition) is 0. The van der Waals surface area contributed by atoms with Gasteiger partial charge in [0.1, 0.15) is 0 Å². The van der Waals surface area contributed by atoms with Crippen LogP contribution in [0, 0.1) is 0 Å². The maximum absolute atomic E-state index is 2.23. The fourth-order valence-corrected chi connectivity index (χ4v) is 0. The van der Waals surface area contributed by atoms with Gasteiger partial charge in [-0.25, -0.2) is 0 Å². The van der Waals surface area contributed by atoms with Crippen LogP contribution >= 0.6 is 10.5 Å². The van der Waals surface area contributed by atoms with Crippen molar-refractivity contribution >= 4 is 15.3 Å². The van der Waals surface area contributed by atoms with Crippen LogP contribution in [0.5, 0.6) is 0 Å². The molecule has 0 aromatic heterocycles. The minimum atomic E-state index is 0.549. The Kier molecular flexibility index (Phi) is 2.49. The van der Waals surface area contributed by atoms with E-state index in [0.717, 1.165) is 0 Å². The smallest absolute Gasteiger partial charge is 0.0237 e. The van der Waals surface area contributed by atoms with E-state index in [4.69, 9.17) is 0 Å². The summed E-state index contributed by atoms with van der Waals surface area (Å²) in [5.74, 6) is 0. The summed E-state index contributed by atoms with van der Waals surface area (Å²) >= 11 is 0. The summed E-state index contributed by atoms with van der Waals surface area (Å²) in [6.07, 6.45) is 4.46. The molecule has 0 aliphatic carbocycles. The first kappa shape index (κ1) is 6.22. The maximum atomic E-state index is 2.23. The molecule has 1 heteroatoms. The molecule has 0 radical (unpaired) electrons. The van der Waals surface area contributed by atoms with Crippen LogP contribution in [0.15, 0.2) is 0 Å². The van der Waals surface area contributed by atoms with E-state index in [1.807, 2.05) is 0 Å². The largest absolute Gasteiger partial charge is 0.193 e. The lowest BCUT2D eigenvalue weighted by Crippen LogP contribution is -1.77. The van der Waals surface area contributed by atoms with E-state index in [-0.39, 0.29) is 0 Å². The predicted molar refractivity (Wildman–Crippen MR) is 35.8 cm³/mol. The van der Waals surface area contributed by atoms with Crippen molar-refractivity contribution in [2.75, 3.05) is 12.5 Å². The molecule has 0 amide bonds. The fraction of sp³-hybridized carbons (Fsp3) is 0.800. The van der Waals surface area contributed by atoms with Gasteiger partial charge in [0.05, 0.1) is 0 Å². The molecule has 0 N–H and O–H groups in total. The first-order chi connectivity index (χ1) is 2.64. The molecular weight excluding hydrogens is 92.1 g/mol. The van der Waals surface area contributed by atoms with Crippen molar-refractivity contribution < 1.29 is 0 Å². The van der Waals surface area contributed by atoms with Crippen LogP contribution in [-0.4, -0.2) is 17.4 Å². The molecule has 38 valence electrons. The highest BCUT2D eigenvalue weighted by molar-refractivity contribution is 8.14. The molecule has 0 aromatic carbocycles. The molecule has 0 aromatic rings. The van der Waals surface area contributed by atoms with Gasteiger partial charge in [-0.05, 0) is 26.4 Å². The first-order valence-corrected chi connectivity index (χ1v) is 4.06. The highest BCUT2D eigenvalue weighted by Gasteiger charge is 1.73. The maximum Gasteiger partial charge on any atom is -0.0237 e. The van der Waals surface area contributed by atoms with Gasteiger partial charge in [-0.1, -0.05) is 4.86 Å². The van der Waals surface area contributed by atoms with Crippen molar-refractivity contribution in [2.45, 2.75) is 13.8 Å². The van der Waals surface area contributed by atoms with Crippen molar-refractivity contribution in [3.8, 4) is 0 Å². The average Bonchev–Trinajstić information content (AvgIpc) is 1.36. The Balaban J connectivity index is 3.68. The van der Waals surface area contributed by atoms with Gasteiger partial charge in [-0.3, -0.25) is 0 Å². The van der Waals surface area contributed by atoms with Gasteiger partial charge < -0.3 is 0 Å². The normalized spacial score (nSPS) is 9.50. The Morgan fingerprint density at radius 3 is 1.33 bits per heavy atom. The Morgan fingerprint density at radius 2 is 1.33 bits per heavy atom. The van der Waals surface area contributed by atoms with Crippen LogP contribution in [0.1, 0.15) is 13.8 Å². The molecule has 0 rings (SSSR count). The van der Waals surface area contributed by atoms with E-state index >= 15 is 0 Å². The average molecular weight is 104 g/mol. The van der Waals surface area contributed by atoms with Gasteiger partial charge in [-0.15, -0.1) is 0 Å². The lowest BCUT2D eigenvalue weighted by molar-refractivity contribution is 1.84. The number of rotatable bonds is 0. The van der Waals surface area contributed by atoms with E-state index in [9.17, 15) is 0 Å². The predicted octanol–water partition coefficient (Wildman–Crippen LogP) is 1.73. The third-order valence-corrected chi connectivity index (χ3v) is 2.45. The van der Waals surface area contributed by atoms with Gasteiger partial charge in [0.15, 0.2) is 0 Å². The first-order valence-electron chi connectivity index (χ1n) is 2.02. The fourth-order valence-electron chi connectivity index (χ4n) is 0. The molecule has 0 aliphatic heterocycles. The molecule has 0 saturated carbocycles. The summed E-state index contributed by atoms with van der Waals surface area (Å²) in [7, 11) is 0.549. The summed E-state index contributed by atoms with van der Waals surface area (Å²) in [4.78, 5) is 1.54. The van der Waals surface area contributed by atoms with Crippen molar-refractivity contribution in [2.24, 2.45) is 0 Å². The second-order valence-corrected chi connectivity index (χ2v) is 4.17. The molecule has 0 aliphatic rings. The van der Waals surface area contributed by atoms with Crippen LogP contribution in [0.4, 0.5) is 0 Å². The third-order valence-electron chi connectivity index (χ3n) is 0.816. The zero-order valence-electron chi connectivity index (χ0n) is 4.91. The number of hydrogen-bond acceptors (Lipinski definition) is 0. The zero-order valence-corrected chi connectivity index (χ0v) is 5.72. The monoisotopic (exact) mass is 104 g/mol. The minimum absolute atomic E-state index is 0.549. The van der Waals surface area contributed by atoms with Crippen LogP contribution in [0.25, 0.3) is 0 Å². The molecule has 0 fully saturated rings. The Hall–Kier alpha value is 0.220. The zero-order chi connectivity index (χ0) is 5.15. The van der Waals surface area contributed by atoms with Gasteiger partial charge in [0.25, 0.3) is 0 Å². The summed E-state index contributed by atoms with van der Waals surface area (Å²) in [5.41, 5.74) is 0. The van der Waals surface area contributed by atoms with Crippen molar-refractivity contribution in [1.29, 1.82) is 0 Å².